The van der Waals surface area contributed by atoms with Crippen molar-refractivity contribution < 1.29 is 0 Å². The van der Waals surface area contributed by atoms with Gasteiger partial charge in [-0.3, -0.25) is 4.90 Å². The van der Waals surface area contributed by atoms with Gasteiger partial charge in [-0.05, 0) is 40.0 Å². The van der Waals surface area contributed by atoms with E-state index in [0.717, 1.165) is 44.1 Å². The molecule has 0 spiro atoms. The van der Waals surface area contributed by atoms with Crippen LogP contribution in [0.3, 0.4) is 0 Å². The number of rotatable bonds is 3. The molecule has 0 amide bonds. The van der Waals surface area contributed by atoms with Crippen molar-refractivity contribution in [2.75, 3.05) is 39.5 Å². The predicted molar refractivity (Wildman–Crippen MR) is 75.7 cm³/mol. The zero-order chi connectivity index (χ0) is 13.8. The average Bonchev–Trinajstić information content (AvgIpc) is 2.51. The van der Waals surface area contributed by atoms with Crippen LogP contribution in [-0.4, -0.2) is 58.5 Å². The number of aromatic nitrogens is 3. The third-order valence-electron chi connectivity index (χ3n) is 3.56. The fraction of sp³-hybridized carbons (Fsp3) is 0.769. The number of likely N-dealkylation sites (N-methyl/N-ethyl adjacent to an activating group) is 2. The van der Waals surface area contributed by atoms with Gasteiger partial charge in [0.2, 0.25) is 5.95 Å². The minimum atomic E-state index is 0.202. The lowest BCUT2D eigenvalue weighted by atomic mass is 10.2. The first-order valence-electron chi connectivity index (χ1n) is 6.99. The highest BCUT2D eigenvalue weighted by atomic mass is 15.2. The lowest BCUT2D eigenvalue weighted by Crippen LogP contribution is -2.32. The van der Waals surface area contributed by atoms with Crippen LogP contribution in [-0.2, 0) is 6.42 Å². The first-order chi connectivity index (χ1) is 9.10. The van der Waals surface area contributed by atoms with Gasteiger partial charge in [-0.15, -0.1) is 0 Å². The summed E-state index contributed by atoms with van der Waals surface area (Å²) in [5.74, 6) is 1.96. The fourth-order valence-electron chi connectivity index (χ4n) is 2.49. The molecule has 1 unspecified atom stereocenters. The van der Waals surface area contributed by atoms with Gasteiger partial charge in [0, 0.05) is 13.0 Å². The topological polar surface area (TPSA) is 71.2 Å². The van der Waals surface area contributed by atoms with Gasteiger partial charge in [0.15, 0.2) is 5.82 Å². The summed E-state index contributed by atoms with van der Waals surface area (Å²) < 4.78 is 0. The average molecular weight is 264 g/mol. The van der Waals surface area contributed by atoms with Crippen LogP contribution in [0.25, 0.3) is 0 Å². The van der Waals surface area contributed by atoms with E-state index in [-0.39, 0.29) is 6.04 Å². The van der Waals surface area contributed by atoms with E-state index in [1.54, 1.807) is 0 Å². The molecule has 2 N–H and O–H groups in total. The second kappa shape index (κ2) is 6.25. The van der Waals surface area contributed by atoms with E-state index in [0.29, 0.717) is 5.95 Å². The smallest absolute Gasteiger partial charge is 0.223 e. The summed E-state index contributed by atoms with van der Waals surface area (Å²) in [6.07, 6.45) is 3.04. The molecule has 0 saturated carbocycles. The fourth-order valence-corrected chi connectivity index (χ4v) is 2.49. The van der Waals surface area contributed by atoms with Crippen LogP contribution in [0.5, 0.6) is 0 Å². The SMILES string of the molecule is CCCc1nc(N)nc(C2CN(C)CCCN2C)n1. The molecule has 6 nitrogen and oxygen atoms in total. The van der Waals surface area contributed by atoms with Crippen molar-refractivity contribution >= 4 is 5.95 Å². The highest BCUT2D eigenvalue weighted by Crippen LogP contribution is 2.20. The van der Waals surface area contributed by atoms with Crippen molar-refractivity contribution in [1.29, 1.82) is 0 Å². The molecule has 1 atom stereocenters. The molecule has 0 radical (unpaired) electrons. The van der Waals surface area contributed by atoms with Gasteiger partial charge in [-0.1, -0.05) is 6.92 Å². The van der Waals surface area contributed by atoms with Gasteiger partial charge in [0.05, 0.1) is 6.04 Å². The van der Waals surface area contributed by atoms with Crippen molar-refractivity contribution in [3.05, 3.63) is 11.6 Å². The summed E-state index contributed by atoms with van der Waals surface area (Å²) in [5, 5.41) is 0. The minimum Gasteiger partial charge on any atom is -0.368 e. The van der Waals surface area contributed by atoms with E-state index < -0.39 is 0 Å². The quantitative estimate of drug-likeness (QED) is 0.867. The van der Waals surface area contributed by atoms with E-state index in [4.69, 9.17) is 5.73 Å². The Morgan fingerprint density at radius 1 is 1.21 bits per heavy atom. The van der Waals surface area contributed by atoms with Crippen molar-refractivity contribution in [2.24, 2.45) is 0 Å². The number of aryl methyl sites for hydroxylation is 1. The van der Waals surface area contributed by atoms with Crippen molar-refractivity contribution in [2.45, 2.75) is 32.2 Å². The molecule has 1 fully saturated rings. The summed E-state index contributed by atoms with van der Waals surface area (Å²) in [5.41, 5.74) is 5.82. The third kappa shape index (κ3) is 3.61. The number of nitrogen functional groups attached to an aromatic ring is 1. The molecular formula is C13H24N6. The van der Waals surface area contributed by atoms with E-state index in [9.17, 15) is 0 Å². The highest BCUT2D eigenvalue weighted by molar-refractivity contribution is 5.17. The van der Waals surface area contributed by atoms with Crippen LogP contribution >= 0.6 is 0 Å². The summed E-state index contributed by atoms with van der Waals surface area (Å²) in [4.78, 5) is 17.8. The van der Waals surface area contributed by atoms with E-state index >= 15 is 0 Å². The van der Waals surface area contributed by atoms with Crippen molar-refractivity contribution in [1.82, 2.24) is 24.8 Å². The van der Waals surface area contributed by atoms with Gasteiger partial charge in [-0.2, -0.15) is 9.97 Å². The lowest BCUT2D eigenvalue weighted by molar-refractivity contribution is 0.219. The van der Waals surface area contributed by atoms with Gasteiger partial charge in [-0.25, -0.2) is 4.98 Å². The molecule has 2 rings (SSSR count). The molecule has 1 aromatic heterocycles. The Kier molecular flexibility index (Phi) is 4.66. The standard InChI is InChI=1S/C13H24N6/c1-4-6-11-15-12(17-13(14)16-11)10-9-18(2)7-5-8-19(10)3/h10H,4-9H2,1-3H3,(H2,14,15,16,17). The van der Waals surface area contributed by atoms with Crippen LogP contribution in [0.1, 0.15) is 37.5 Å². The molecule has 1 saturated heterocycles. The Hall–Kier alpha value is -1.27. The van der Waals surface area contributed by atoms with Crippen LogP contribution in [0.2, 0.25) is 0 Å². The van der Waals surface area contributed by atoms with Crippen LogP contribution in [0.4, 0.5) is 5.95 Å². The van der Waals surface area contributed by atoms with Gasteiger partial charge in [0.1, 0.15) is 5.82 Å². The summed E-state index contributed by atoms with van der Waals surface area (Å²) in [7, 11) is 4.27. The molecule has 1 aliphatic rings. The van der Waals surface area contributed by atoms with E-state index in [1.165, 1.54) is 6.42 Å². The number of anilines is 1. The number of hydrogen-bond acceptors (Lipinski definition) is 6. The maximum absolute atomic E-state index is 5.82. The molecule has 19 heavy (non-hydrogen) atoms. The molecular weight excluding hydrogens is 240 g/mol. The van der Waals surface area contributed by atoms with Crippen LogP contribution in [0.15, 0.2) is 0 Å². The molecule has 2 heterocycles. The lowest BCUT2D eigenvalue weighted by Gasteiger charge is -2.26. The van der Waals surface area contributed by atoms with Crippen LogP contribution < -0.4 is 5.73 Å². The molecule has 1 aliphatic heterocycles. The monoisotopic (exact) mass is 264 g/mol. The summed E-state index contributed by atoms with van der Waals surface area (Å²) >= 11 is 0. The Bertz CT molecular complexity index is 422. The minimum absolute atomic E-state index is 0.202. The maximum atomic E-state index is 5.82. The van der Waals surface area contributed by atoms with Gasteiger partial charge < -0.3 is 10.6 Å². The predicted octanol–water partition coefficient (Wildman–Crippen LogP) is 0.715. The van der Waals surface area contributed by atoms with Gasteiger partial charge in [0.25, 0.3) is 0 Å². The maximum Gasteiger partial charge on any atom is 0.223 e. The summed E-state index contributed by atoms with van der Waals surface area (Å²) in [6, 6.07) is 0.202. The molecule has 1 aromatic rings. The number of nitrogens with two attached hydrogens (primary N) is 1. The second-order valence-corrected chi connectivity index (χ2v) is 5.33. The van der Waals surface area contributed by atoms with E-state index in [1.807, 2.05) is 0 Å². The Labute approximate surface area is 115 Å². The number of nitrogens with zero attached hydrogens (tertiary/aromatic N) is 5. The highest BCUT2D eigenvalue weighted by Gasteiger charge is 2.25. The Morgan fingerprint density at radius 2 is 2.00 bits per heavy atom. The molecule has 0 aliphatic carbocycles. The second-order valence-electron chi connectivity index (χ2n) is 5.33. The normalized spacial score (nSPS) is 22.4. The molecule has 0 aromatic carbocycles. The summed E-state index contributed by atoms with van der Waals surface area (Å²) in [6.45, 7) is 5.23. The Balaban J connectivity index is 2.27. The molecule has 0 bridgehead atoms. The Morgan fingerprint density at radius 3 is 2.74 bits per heavy atom. The third-order valence-corrected chi connectivity index (χ3v) is 3.56. The number of hydrogen-bond donors (Lipinski definition) is 1. The molecule has 6 heteroatoms. The zero-order valence-electron chi connectivity index (χ0n) is 12.1. The zero-order valence-corrected chi connectivity index (χ0v) is 12.1. The van der Waals surface area contributed by atoms with E-state index in [2.05, 4.69) is 45.8 Å². The van der Waals surface area contributed by atoms with Crippen molar-refractivity contribution in [3.8, 4) is 0 Å². The van der Waals surface area contributed by atoms with Gasteiger partial charge >= 0.3 is 0 Å². The van der Waals surface area contributed by atoms with Crippen LogP contribution in [0, 0.1) is 0 Å². The largest absolute Gasteiger partial charge is 0.368 e. The first-order valence-corrected chi connectivity index (χ1v) is 6.99. The molecule has 106 valence electrons. The first kappa shape index (κ1) is 14.1. The van der Waals surface area contributed by atoms with Crippen molar-refractivity contribution in [3.63, 3.8) is 0 Å².